The van der Waals surface area contributed by atoms with Crippen molar-refractivity contribution in [3.8, 4) is 11.6 Å². The summed E-state index contributed by atoms with van der Waals surface area (Å²) in [5.41, 5.74) is 3.61. The smallest absolute Gasteiger partial charge is 0.305 e. The first-order valence-electron chi connectivity index (χ1n) is 7.48. The number of tetrazole rings is 1. The van der Waals surface area contributed by atoms with E-state index in [1.165, 1.54) is 28.5 Å². The van der Waals surface area contributed by atoms with E-state index < -0.39 is 0 Å². The van der Waals surface area contributed by atoms with Crippen LogP contribution < -0.4 is 5.69 Å². The monoisotopic (exact) mass is 308 g/mol. The Morgan fingerprint density at radius 2 is 1.96 bits per heavy atom. The van der Waals surface area contributed by atoms with E-state index in [9.17, 15) is 4.79 Å². The molecule has 2 N–H and O–H groups in total. The van der Waals surface area contributed by atoms with Crippen LogP contribution >= 0.6 is 0 Å². The van der Waals surface area contributed by atoms with Crippen LogP contribution in [-0.4, -0.2) is 40.2 Å². The lowest BCUT2D eigenvalue weighted by molar-refractivity contribution is 0.686. The van der Waals surface area contributed by atoms with Gasteiger partial charge in [-0.1, -0.05) is 0 Å². The van der Waals surface area contributed by atoms with E-state index in [1.54, 1.807) is 0 Å². The largest absolute Gasteiger partial charge is 0.348 e. The van der Waals surface area contributed by atoms with Gasteiger partial charge in [0.25, 0.3) is 0 Å². The van der Waals surface area contributed by atoms with E-state index in [1.807, 2.05) is 0 Å². The van der Waals surface area contributed by atoms with Crippen LogP contribution in [0.5, 0.6) is 0 Å². The Morgan fingerprint density at radius 3 is 2.74 bits per heavy atom. The number of aryl methyl sites for hydroxylation is 2. The standard InChI is InChI=1S/C14H12N8O/c23-14-15-10-6-8-4-2-1-3-7(8)5-9(10)13-16-11(19-22(13)14)12-17-20-21-18-12/h5-6H,1-4H2,(H,15,23)(H,17,18,20,21). The molecule has 1 aromatic carbocycles. The molecule has 9 heteroatoms. The van der Waals surface area contributed by atoms with Crippen molar-refractivity contribution < 1.29 is 0 Å². The highest BCUT2D eigenvalue weighted by molar-refractivity contribution is 5.92. The summed E-state index contributed by atoms with van der Waals surface area (Å²) in [6, 6.07) is 4.18. The van der Waals surface area contributed by atoms with Gasteiger partial charge in [-0.2, -0.15) is 4.52 Å². The molecule has 0 spiro atoms. The number of benzene rings is 1. The molecule has 0 radical (unpaired) electrons. The number of hydrogen-bond acceptors (Lipinski definition) is 6. The van der Waals surface area contributed by atoms with Gasteiger partial charge < -0.3 is 4.98 Å². The fourth-order valence-electron chi connectivity index (χ4n) is 3.22. The molecule has 0 amide bonds. The van der Waals surface area contributed by atoms with Gasteiger partial charge >= 0.3 is 5.69 Å². The third-order valence-electron chi connectivity index (χ3n) is 4.32. The van der Waals surface area contributed by atoms with Gasteiger partial charge in [0.1, 0.15) is 0 Å². The summed E-state index contributed by atoms with van der Waals surface area (Å²) in [4.78, 5) is 19.6. The van der Waals surface area contributed by atoms with Gasteiger partial charge in [0.05, 0.1) is 5.52 Å². The Labute approximate surface area is 128 Å². The fraction of sp³-hybridized carbons (Fsp3) is 0.286. The van der Waals surface area contributed by atoms with Crippen molar-refractivity contribution in [1.29, 1.82) is 0 Å². The Kier molecular flexibility index (Phi) is 2.41. The minimum absolute atomic E-state index is 0.297. The van der Waals surface area contributed by atoms with E-state index in [0.717, 1.165) is 23.7 Å². The SMILES string of the molecule is O=c1[nH]c2cc3c(cc2c2nc(-c4nnn[nH]4)nn12)CCCC3. The molecule has 9 nitrogen and oxygen atoms in total. The second-order valence-electron chi connectivity index (χ2n) is 5.72. The van der Waals surface area contributed by atoms with Gasteiger partial charge in [0.2, 0.25) is 11.6 Å². The summed E-state index contributed by atoms with van der Waals surface area (Å²) in [6.45, 7) is 0. The molecule has 3 aromatic heterocycles. The maximum absolute atomic E-state index is 12.3. The van der Waals surface area contributed by atoms with Gasteiger partial charge in [0, 0.05) is 5.39 Å². The van der Waals surface area contributed by atoms with Gasteiger partial charge in [0.15, 0.2) is 5.65 Å². The first kappa shape index (κ1) is 12.4. The number of aromatic amines is 2. The molecule has 5 rings (SSSR count). The predicted molar refractivity (Wildman–Crippen MR) is 80.9 cm³/mol. The summed E-state index contributed by atoms with van der Waals surface area (Å²) in [5.74, 6) is 0.630. The molecule has 0 bridgehead atoms. The summed E-state index contributed by atoms with van der Waals surface area (Å²) in [7, 11) is 0. The molecule has 1 aliphatic carbocycles. The van der Waals surface area contributed by atoms with E-state index >= 15 is 0 Å². The fourth-order valence-corrected chi connectivity index (χ4v) is 3.22. The van der Waals surface area contributed by atoms with E-state index in [-0.39, 0.29) is 5.69 Å². The summed E-state index contributed by atoms with van der Waals surface area (Å²) in [5, 5.41) is 18.5. The lowest BCUT2D eigenvalue weighted by atomic mass is 9.90. The third-order valence-corrected chi connectivity index (χ3v) is 4.32. The van der Waals surface area contributed by atoms with Crippen molar-refractivity contribution >= 4 is 16.6 Å². The Morgan fingerprint density at radius 1 is 1.13 bits per heavy atom. The molecule has 4 aromatic rings. The first-order chi connectivity index (χ1) is 11.3. The third kappa shape index (κ3) is 1.79. The minimum atomic E-state index is -0.325. The average Bonchev–Trinajstić information content (AvgIpc) is 3.23. The van der Waals surface area contributed by atoms with Crippen LogP contribution in [0.4, 0.5) is 0 Å². The number of nitrogens with one attached hydrogen (secondary N) is 2. The second kappa shape index (κ2) is 4.45. The highest BCUT2D eigenvalue weighted by Gasteiger charge is 2.17. The van der Waals surface area contributed by atoms with Crippen LogP contribution in [0.2, 0.25) is 0 Å². The lowest BCUT2D eigenvalue weighted by Crippen LogP contribution is -2.18. The van der Waals surface area contributed by atoms with E-state index in [4.69, 9.17) is 0 Å². The van der Waals surface area contributed by atoms with Crippen LogP contribution in [0, 0.1) is 0 Å². The Bertz CT molecular complexity index is 1090. The molecule has 0 unspecified atom stereocenters. The molecule has 23 heavy (non-hydrogen) atoms. The lowest BCUT2D eigenvalue weighted by Gasteiger charge is -2.16. The van der Waals surface area contributed by atoms with Crippen molar-refractivity contribution in [1.82, 2.24) is 40.2 Å². The molecule has 0 atom stereocenters. The quantitative estimate of drug-likeness (QED) is 0.532. The number of rotatable bonds is 1. The summed E-state index contributed by atoms with van der Waals surface area (Å²) < 4.78 is 1.26. The zero-order valence-corrected chi connectivity index (χ0v) is 12.1. The average molecular weight is 308 g/mol. The molecule has 0 aliphatic heterocycles. The van der Waals surface area contributed by atoms with Crippen molar-refractivity contribution in [3.63, 3.8) is 0 Å². The zero-order chi connectivity index (χ0) is 15.4. The van der Waals surface area contributed by atoms with Gasteiger partial charge in [-0.15, -0.1) is 10.2 Å². The van der Waals surface area contributed by atoms with E-state index in [2.05, 4.69) is 47.8 Å². The van der Waals surface area contributed by atoms with Crippen LogP contribution in [0.15, 0.2) is 16.9 Å². The molecular formula is C14H12N8O. The summed E-state index contributed by atoms with van der Waals surface area (Å²) >= 11 is 0. The molecule has 0 saturated heterocycles. The van der Waals surface area contributed by atoms with Crippen molar-refractivity contribution in [2.75, 3.05) is 0 Å². The molecule has 114 valence electrons. The van der Waals surface area contributed by atoms with Crippen molar-refractivity contribution in [2.45, 2.75) is 25.7 Å². The van der Waals surface area contributed by atoms with E-state index in [0.29, 0.717) is 17.3 Å². The zero-order valence-electron chi connectivity index (χ0n) is 12.1. The highest BCUT2D eigenvalue weighted by Crippen LogP contribution is 2.27. The maximum Gasteiger partial charge on any atom is 0.348 e. The van der Waals surface area contributed by atoms with Gasteiger partial charge in [-0.3, -0.25) is 0 Å². The van der Waals surface area contributed by atoms with Crippen molar-refractivity contribution in [3.05, 3.63) is 33.7 Å². The topological polar surface area (TPSA) is 118 Å². The molecule has 1 aliphatic rings. The predicted octanol–water partition coefficient (Wildman–Crippen LogP) is 0.630. The number of hydrogen-bond donors (Lipinski definition) is 2. The Balaban J connectivity index is 1.85. The van der Waals surface area contributed by atoms with Crippen LogP contribution in [0.3, 0.4) is 0 Å². The molecule has 0 saturated carbocycles. The van der Waals surface area contributed by atoms with Crippen molar-refractivity contribution in [2.24, 2.45) is 0 Å². The number of H-pyrrole nitrogens is 2. The molecule has 0 fully saturated rings. The van der Waals surface area contributed by atoms with Crippen LogP contribution in [0.25, 0.3) is 28.2 Å². The number of aromatic nitrogens is 8. The minimum Gasteiger partial charge on any atom is -0.305 e. The number of fused-ring (bicyclic) bond motifs is 4. The van der Waals surface area contributed by atoms with Crippen LogP contribution in [-0.2, 0) is 12.8 Å². The summed E-state index contributed by atoms with van der Waals surface area (Å²) in [6.07, 6.45) is 4.50. The van der Waals surface area contributed by atoms with Gasteiger partial charge in [-0.05, 0) is 59.4 Å². The normalized spacial score (nSPS) is 14.4. The number of nitrogens with zero attached hydrogens (tertiary/aromatic N) is 6. The Hall–Kier alpha value is -3.10. The first-order valence-corrected chi connectivity index (χ1v) is 7.48. The highest BCUT2D eigenvalue weighted by atomic mass is 16.1. The van der Waals surface area contributed by atoms with Crippen LogP contribution in [0.1, 0.15) is 24.0 Å². The molecule has 3 heterocycles. The second-order valence-corrected chi connectivity index (χ2v) is 5.72. The molecular weight excluding hydrogens is 296 g/mol. The maximum atomic E-state index is 12.3. The van der Waals surface area contributed by atoms with Gasteiger partial charge in [-0.25, -0.2) is 14.9 Å².